The fourth-order valence-corrected chi connectivity index (χ4v) is 3.19. The number of nitrogens with zero attached hydrogens (tertiary/aromatic N) is 2. The molecule has 5 nitrogen and oxygen atoms in total. The maximum Gasteiger partial charge on any atom is 0.203 e. The van der Waals surface area contributed by atoms with Gasteiger partial charge in [0, 0.05) is 6.54 Å². The maximum atomic E-state index is 8.60. The second-order valence-corrected chi connectivity index (χ2v) is 6.35. The van der Waals surface area contributed by atoms with Crippen LogP contribution >= 0.6 is 0 Å². The molecule has 1 N–H and O–H groups in total. The van der Waals surface area contributed by atoms with E-state index in [-0.39, 0.29) is 0 Å². The number of para-hydroxylation sites is 2. The summed E-state index contributed by atoms with van der Waals surface area (Å²) in [5.74, 6) is 1.62. The third kappa shape index (κ3) is 3.93. The molecule has 1 aromatic heterocycles. The van der Waals surface area contributed by atoms with Crippen molar-refractivity contribution in [3.8, 4) is 11.5 Å². The predicted octanol–water partition coefficient (Wildman–Crippen LogP) is 4.20. The first-order chi connectivity index (χ1) is 12.7. The van der Waals surface area contributed by atoms with Crippen molar-refractivity contribution in [3.05, 3.63) is 54.1 Å². The second-order valence-electron chi connectivity index (χ2n) is 6.35. The summed E-state index contributed by atoms with van der Waals surface area (Å²) in [6.07, 6.45) is 3.47. The molecular formula is C21H27N3O2. The number of hydrogen-bond donors (Lipinski definition) is 1. The molecule has 3 aromatic rings. The number of nitrogens with one attached hydrogen (secondary N) is 1. The van der Waals surface area contributed by atoms with Gasteiger partial charge in [-0.15, -0.1) is 0 Å². The average Bonchev–Trinajstić information content (AvgIpc) is 2.94. The van der Waals surface area contributed by atoms with Gasteiger partial charge in [-0.05, 0) is 42.8 Å². The van der Waals surface area contributed by atoms with Crippen molar-refractivity contribution in [3.63, 3.8) is 0 Å². The second kappa shape index (κ2) is 8.61. The molecule has 0 atom stereocenters. The highest BCUT2D eigenvalue weighted by Crippen LogP contribution is 2.18. The van der Waals surface area contributed by atoms with E-state index in [4.69, 9.17) is 14.9 Å². The van der Waals surface area contributed by atoms with E-state index in [1.807, 2.05) is 41.0 Å². The van der Waals surface area contributed by atoms with Crippen molar-refractivity contribution in [2.75, 3.05) is 13.7 Å². The van der Waals surface area contributed by atoms with E-state index in [1.165, 1.54) is 12.8 Å². The van der Waals surface area contributed by atoms with Gasteiger partial charge in [0.1, 0.15) is 18.1 Å². The molecule has 0 spiro atoms. The molecule has 0 unspecified atom stereocenters. The number of hydrogen-bond acceptors (Lipinski definition) is 3. The van der Waals surface area contributed by atoms with Crippen LogP contribution in [0.4, 0.5) is 0 Å². The Morgan fingerprint density at radius 2 is 1.46 bits per heavy atom. The molecule has 1 heterocycles. The molecule has 0 aliphatic rings. The van der Waals surface area contributed by atoms with E-state index < -0.39 is 0 Å². The van der Waals surface area contributed by atoms with Crippen molar-refractivity contribution < 1.29 is 9.47 Å². The summed E-state index contributed by atoms with van der Waals surface area (Å²) < 4.78 is 15.2. The van der Waals surface area contributed by atoms with Gasteiger partial charge in [0.2, 0.25) is 5.62 Å². The molecule has 0 fully saturated rings. The van der Waals surface area contributed by atoms with E-state index in [0.29, 0.717) is 18.8 Å². The van der Waals surface area contributed by atoms with Crippen LogP contribution in [-0.2, 0) is 13.1 Å². The Labute approximate surface area is 154 Å². The number of unbranched alkanes of at least 4 members (excludes halogenated alkanes) is 2. The molecule has 0 saturated heterocycles. The Balaban J connectivity index is 1.74. The smallest absolute Gasteiger partial charge is 0.203 e. The lowest BCUT2D eigenvalue weighted by Gasteiger charge is -2.08. The number of ether oxygens (including phenoxy) is 2. The van der Waals surface area contributed by atoms with E-state index in [0.717, 1.165) is 35.5 Å². The van der Waals surface area contributed by atoms with Crippen LogP contribution in [0.5, 0.6) is 11.5 Å². The first-order valence-corrected chi connectivity index (χ1v) is 9.24. The summed E-state index contributed by atoms with van der Waals surface area (Å²) >= 11 is 0. The normalized spacial score (nSPS) is 11.0. The van der Waals surface area contributed by atoms with Crippen molar-refractivity contribution in [1.29, 1.82) is 5.41 Å². The van der Waals surface area contributed by atoms with Crippen molar-refractivity contribution in [1.82, 2.24) is 9.13 Å². The standard InChI is InChI=1S/C21H27N3O2/c1-3-4-7-14-23-19-8-5-6-9-20(19)24(21(23)22)15-16-26-18-12-10-17(25-2)11-13-18/h5-6,8-13,22H,3-4,7,14-16H2,1-2H3. The number of methoxy groups -OCH3 is 1. The highest BCUT2D eigenvalue weighted by molar-refractivity contribution is 5.75. The summed E-state index contributed by atoms with van der Waals surface area (Å²) in [6, 6.07) is 15.8. The fraction of sp³-hybridized carbons (Fsp3) is 0.381. The Hall–Kier alpha value is -2.69. The topological polar surface area (TPSA) is 52.2 Å². The molecule has 5 heteroatoms. The minimum absolute atomic E-state index is 0.520. The molecule has 0 radical (unpaired) electrons. The van der Waals surface area contributed by atoms with Gasteiger partial charge in [0.25, 0.3) is 0 Å². The van der Waals surface area contributed by atoms with E-state index in [2.05, 4.69) is 23.6 Å². The van der Waals surface area contributed by atoms with E-state index >= 15 is 0 Å². The summed E-state index contributed by atoms with van der Waals surface area (Å²) in [5.41, 5.74) is 2.76. The van der Waals surface area contributed by atoms with E-state index in [1.54, 1.807) is 7.11 Å². The van der Waals surface area contributed by atoms with Crippen LogP contribution in [0, 0.1) is 5.41 Å². The van der Waals surface area contributed by atoms with Crippen LogP contribution in [0.25, 0.3) is 11.0 Å². The molecule has 0 aliphatic carbocycles. The zero-order chi connectivity index (χ0) is 18.4. The molecule has 2 aromatic carbocycles. The molecule has 26 heavy (non-hydrogen) atoms. The third-order valence-electron chi connectivity index (χ3n) is 4.60. The van der Waals surface area contributed by atoms with Crippen molar-refractivity contribution in [2.45, 2.75) is 39.3 Å². The molecule has 0 saturated carbocycles. The fourth-order valence-electron chi connectivity index (χ4n) is 3.19. The number of benzene rings is 2. The average molecular weight is 353 g/mol. The minimum Gasteiger partial charge on any atom is -0.497 e. The number of aromatic nitrogens is 2. The first-order valence-electron chi connectivity index (χ1n) is 9.24. The van der Waals surface area contributed by atoms with E-state index in [9.17, 15) is 0 Å². The number of imidazole rings is 1. The van der Waals surface area contributed by atoms with Gasteiger partial charge in [-0.25, -0.2) is 0 Å². The van der Waals surface area contributed by atoms with Crippen LogP contribution in [0.1, 0.15) is 26.2 Å². The lowest BCUT2D eigenvalue weighted by atomic mass is 10.2. The van der Waals surface area contributed by atoms with Crippen LogP contribution in [0.3, 0.4) is 0 Å². The number of aryl methyl sites for hydroxylation is 1. The largest absolute Gasteiger partial charge is 0.497 e. The molecule has 0 bridgehead atoms. The van der Waals surface area contributed by atoms with Gasteiger partial charge in [0.15, 0.2) is 0 Å². The summed E-state index contributed by atoms with van der Waals surface area (Å²) in [4.78, 5) is 0. The SMILES string of the molecule is CCCCCn1c(=N)n(CCOc2ccc(OC)cc2)c2ccccc21. The molecule has 3 rings (SSSR count). The molecule has 0 amide bonds. The quantitative estimate of drug-likeness (QED) is 0.586. The minimum atomic E-state index is 0.520. The number of fused-ring (bicyclic) bond motifs is 1. The van der Waals surface area contributed by atoms with Crippen molar-refractivity contribution in [2.24, 2.45) is 0 Å². The monoisotopic (exact) mass is 353 g/mol. The van der Waals surface area contributed by atoms with Gasteiger partial charge in [-0.3, -0.25) is 5.41 Å². The predicted molar refractivity (Wildman–Crippen MR) is 104 cm³/mol. The summed E-state index contributed by atoms with van der Waals surface area (Å²) in [6.45, 7) is 4.25. The highest BCUT2D eigenvalue weighted by atomic mass is 16.5. The summed E-state index contributed by atoms with van der Waals surface area (Å²) in [7, 11) is 1.65. The van der Waals surface area contributed by atoms with Crippen molar-refractivity contribution >= 4 is 11.0 Å². The Kier molecular flexibility index (Phi) is 6.00. The van der Waals surface area contributed by atoms with Gasteiger partial charge < -0.3 is 18.6 Å². The van der Waals surface area contributed by atoms with Gasteiger partial charge >= 0.3 is 0 Å². The number of rotatable bonds is 9. The zero-order valence-electron chi connectivity index (χ0n) is 15.6. The van der Waals surface area contributed by atoms with Crippen LogP contribution < -0.4 is 15.1 Å². The van der Waals surface area contributed by atoms with Gasteiger partial charge in [0.05, 0.1) is 24.7 Å². The Morgan fingerprint density at radius 3 is 2.08 bits per heavy atom. The summed E-state index contributed by atoms with van der Waals surface area (Å²) in [5, 5.41) is 8.60. The van der Waals surface area contributed by atoms with Crippen LogP contribution in [0.2, 0.25) is 0 Å². The van der Waals surface area contributed by atoms with Gasteiger partial charge in [-0.1, -0.05) is 31.9 Å². The third-order valence-corrected chi connectivity index (χ3v) is 4.60. The zero-order valence-corrected chi connectivity index (χ0v) is 15.6. The molecule has 138 valence electrons. The lowest BCUT2D eigenvalue weighted by molar-refractivity contribution is 0.296. The lowest BCUT2D eigenvalue weighted by Crippen LogP contribution is -2.26. The maximum absolute atomic E-state index is 8.60. The molecule has 0 aliphatic heterocycles. The van der Waals surface area contributed by atoms with Gasteiger partial charge in [-0.2, -0.15) is 0 Å². The molecular weight excluding hydrogens is 326 g/mol. The Bertz CT molecular complexity index is 894. The van der Waals surface area contributed by atoms with Crippen LogP contribution in [0.15, 0.2) is 48.5 Å². The van der Waals surface area contributed by atoms with Crippen LogP contribution in [-0.4, -0.2) is 22.9 Å². The highest BCUT2D eigenvalue weighted by Gasteiger charge is 2.10. The first kappa shape index (κ1) is 18.1. The Morgan fingerprint density at radius 1 is 0.846 bits per heavy atom.